The summed E-state index contributed by atoms with van der Waals surface area (Å²) in [6, 6.07) is 33.6. The van der Waals surface area contributed by atoms with E-state index in [0.29, 0.717) is 19.7 Å². The highest BCUT2D eigenvalue weighted by Crippen LogP contribution is 2.37. The molecule has 0 spiro atoms. The number of esters is 1. The van der Waals surface area contributed by atoms with E-state index in [1.54, 1.807) is 22.7 Å². The fourth-order valence-electron chi connectivity index (χ4n) is 9.13. The van der Waals surface area contributed by atoms with E-state index in [1.165, 1.54) is 10.3 Å². The van der Waals surface area contributed by atoms with Crippen molar-refractivity contribution in [1.82, 2.24) is 35.7 Å². The average Bonchev–Trinajstić information content (AvgIpc) is 4.00. The van der Waals surface area contributed by atoms with Crippen LogP contribution in [0.1, 0.15) is 117 Å². The van der Waals surface area contributed by atoms with Crippen LogP contribution >= 0.6 is 22.7 Å². The maximum absolute atomic E-state index is 13.3. The number of thiazole rings is 2. The van der Waals surface area contributed by atoms with E-state index in [2.05, 4.69) is 113 Å². The molecular formula is C56H74N8O5S2. The summed E-state index contributed by atoms with van der Waals surface area (Å²) in [5.74, 6) is 0.449. The summed E-state index contributed by atoms with van der Waals surface area (Å²) >= 11 is 3.41. The van der Waals surface area contributed by atoms with Gasteiger partial charge in [0.05, 0.1) is 39.2 Å². The van der Waals surface area contributed by atoms with Gasteiger partial charge < -0.3 is 39.4 Å². The Morgan fingerprint density at radius 1 is 0.704 bits per heavy atom. The summed E-state index contributed by atoms with van der Waals surface area (Å²) in [5, 5.41) is 20.2. The van der Waals surface area contributed by atoms with Crippen LogP contribution in [-0.4, -0.2) is 116 Å². The molecular weight excluding hydrogens is 929 g/mol. The first-order chi connectivity index (χ1) is 34.4. The van der Waals surface area contributed by atoms with Crippen molar-refractivity contribution in [3.63, 3.8) is 0 Å². The van der Waals surface area contributed by atoms with Crippen molar-refractivity contribution in [2.24, 2.45) is 0 Å². The molecule has 0 bridgehead atoms. The second-order valence-electron chi connectivity index (χ2n) is 20.1. The Morgan fingerprint density at radius 2 is 1.27 bits per heavy atom. The van der Waals surface area contributed by atoms with Crippen molar-refractivity contribution >= 4 is 55.0 Å². The molecule has 0 saturated carbocycles. The Morgan fingerprint density at radius 3 is 1.86 bits per heavy atom. The van der Waals surface area contributed by atoms with Crippen LogP contribution < -0.4 is 20.7 Å². The number of carbonyl (C=O) groups is 1. The number of hydrogen-bond acceptors (Lipinski definition) is 13. The number of nitrogens with one attached hydrogen (secondary N) is 4. The Balaban J connectivity index is 0.775. The molecule has 3 unspecified atom stereocenters. The minimum atomic E-state index is -0.865. The molecule has 15 heteroatoms. The van der Waals surface area contributed by atoms with Crippen molar-refractivity contribution in [3.05, 3.63) is 124 Å². The molecule has 4 N–H and O–H groups in total. The maximum Gasteiger partial charge on any atom is 0.344 e. The van der Waals surface area contributed by atoms with Crippen LogP contribution in [0.15, 0.2) is 97.1 Å². The maximum atomic E-state index is 13.3. The fraction of sp³-hybridized carbons (Fsp3) is 0.500. The van der Waals surface area contributed by atoms with Gasteiger partial charge in [0.2, 0.25) is 0 Å². The molecule has 2 saturated heterocycles. The summed E-state index contributed by atoms with van der Waals surface area (Å²) in [5.41, 5.74) is 4.78. The zero-order valence-electron chi connectivity index (χ0n) is 42.3. The quantitative estimate of drug-likeness (QED) is 0.0159. The van der Waals surface area contributed by atoms with Gasteiger partial charge in [-0.1, -0.05) is 60.7 Å². The third-order valence-electron chi connectivity index (χ3n) is 13.0. The normalized spacial score (nSPS) is 16.7. The standard InChI is InChI=1S/C56H74N8O5S2/c1-56(2,3)69-54(65)51(58-30-12-6-14-36-66-44-21-16-20-41(38-44)50(68-43-28-34-64(5)35-29-43)53-61-46-23-8-10-25-48(46)71-53)62-55(57)59-31-13-11-17-39-18-15-19-40(37-39)49(67-42-26-32-63(4)33-27-42)52-60-45-22-7-9-24-47(45)70-52/h7-10,15-16,18-25,37-38,42-43,49-51,58H,6,11-14,17,26-36H2,1-5H3,(H3,57,59,62). The Hall–Kier alpha value is -5.00. The van der Waals surface area contributed by atoms with Crippen LogP contribution in [0, 0.1) is 5.41 Å². The number of nitrogens with zero attached hydrogens (tertiary/aromatic N) is 4. The molecule has 4 heterocycles. The molecule has 0 amide bonds. The van der Waals surface area contributed by atoms with E-state index in [1.807, 2.05) is 45.0 Å². The summed E-state index contributed by atoms with van der Waals surface area (Å²) in [4.78, 5) is 28.1. The van der Waals surface area contributed by atoms with Crippen molar-refractivity contribution < 1.29 is 23.7 Å². The zero-order chi connectivity index (χ0) is 49.6. The van der Waals surface area contributed by atoms with Gasteiger partial charge in [-0.15, -0.1) is 22.7 Å². The summed E-state index contributed by atoms with van der Waals surface area (Å²) in [7, 11) is 4.34. The molecule has 380 valence electrons. The third-order valence-corrected chi connectivity index (χ3v) is 15.2. The summed E-state index contributed by atoms with van der Waals surface area (Å²) < 4.78 is 28.1. The van der Waals surface area contributed by atoms with Crippen LogP contribution in [-0.2, 0) is 25.4 Å². The van der Waals surface area contributed by atoms with Gasteiger partial charge in [-0.3, -0.25) is 10.7 Å². The number of aromatic nitrogens is 2. The van der Waals surface area contributed by atoms with Gasteiger partial charge in [0, 0.05) is 32.7 Å². The Bertz CT molecular complexity index is 2550. The van der Waals surface area contributed by atoms with E-state index < -0.39 is 17.7 Å². The number of carbonyl (C=O) groups excluding carboxylic acids is 1. The van der Waals surface area contributed by atoms with Gasteiger partial charge in [-0.2, -0.15) is 0 Å². The number of ether oxygens (including phenoxy) is 4. The number of aryl methyl sites for hydroxylation is 1. The second kappa shape index (κ2) is 25.6. The Labute approximate surface area is 428 Å². The average molecular weight is 1000 g/mol. The van der Waals surface area contributed by atoms with E-state index in [-0.39, 0.29) is 30.4 Å². The fourth-order valence-corrected chi connectivity index (χ4v) is 11.2. The van der Waals surface area contributed by atoms with Gasteiger partial charge >= 0.3 is 5.97 Å². The number of rotatable bonds is 23. The molecule has 13 nitrogen and oxygen atoms in total. The first-order valence-electron chi connectivity index (χ1n) is 25.7. The van der Waals surface area contributed by atoms with Gasteiger partial charge in [0.1, 0.15) is 33.6 Å². The first kappa shape index (κ1) is 52.3. The van der Waals surface area contributed by atoms with Crippen LogP contribution in [0.3, 0.4) is 0 Å². The van der Waals surface area contributed by atoms with Crippen LogP contribution in [0.25, 0.3) is 20.4 Å². The van der Waals surface area contributed by atoms with Crippen LogP contribution in [0.5, 0.6) is 5.75 Å². The van der Waals surface area contributed by atoms with E-state index in [9.17, 15) is 4.79 Å². The van der Waals surface area contributed by atoms with Gasteiger partial charge in [0.25, 0.3) is 0 Å². The smallest absolute Gasteiger partial charge is 0.344 e. The van der Waals surface area contributed by atoms with Gasteiger partial charge in [-0.25, -0.2) is 14.8 Å². The molecule has 2 aliphatic rings. The Kier molecular flexibility index (Phi) is 18.9. The van der Waals surface area contributed by atoms with Crippen molar-refractivity contribution in [2.45, 2.75) is 121 Å². The van der Waals surface area contributed by atoms with Crippen LogP contribution in [0.2, 0.25) is 0 Å². The molecule has 71 heavy (non-hydrogen) atoms. The molecule has 3 atom stereocenters. The van der Waals surface area contributed by atoms with Crippen molar-refractivity contribution in [3.8, 4) is 5.75 Å². The van der Waals surface area contributed by atoms with Crippen molar-refractivity contribution in [2.75, 3.05) is 60.0 Å². The number of para-hydroxylation sites is 2. The molecule has 2 aliphatic heterocycles. The number of fused-ring (bicyclic) bond motifs is 2. The summed E-state index contributed by atoms with van der Waals surface area (Å²) in [6.07, 6.45) is 8.30. The third kappa shape index (κ3) is 15.7. The lowest BCUT2D eigenvalue weighted by molar-refractivity contribution is -0.158. The van der Waals surface area contributed by atoms with E-state index in [4.69, 9.17) is 34.3 Å². The number of likely N-dealkylation sites (tertiary alicyclic amines) is 2. The lowest BCUT2D eigenvalue weighted by Crippen LogP contribution is -2.55. The van der Waals surface area contributed by atoms with E-state index >= 15 is 0 Å². The number of hydrogen-bond donors (Lipinski definition) is 4. The predicted molar refractivity (Wildman–Crippen MR) is 288 cm³/mol. The lowest BCUT2D eigenvalue weighted by Gasteiger charge is -2.31. The largest absolute Gasteiger partial charge is 0.494 e. The molecule has 0 radical (unpaired) electrons. The first-order valence-corrected chi connectivity index (χ1v) is 27.3. The second-order valence-corrected chi connectivity index (χ2v) is 22.3. The summed E-state index contributed by atoms with van der Waals surface area (Å²) in [6.45, 7) is 11.4. The predicted octanol–water partition coefficient (Wildman–Crippen LogP) is 10.2. The van der Waals surface area contributed by atoms with Crippen molar-refractivity contribution in [1.29, 1.82) is 5.41 Å². The highest BCUT2D eigenvalue weighted by atomic mass is 32.1. The number of benzene rings is 4. The molecule has 6 aromatic rings. The topological polar surface area (TPSA) is 146 Å². The highest BCUT2D eigenvalue weighted by molar-refractivity contribution is 7.19. The number of unbranched alkanes of at least 4 members (excludes halogenated alkanes) is 3. The van der Waals surface area contributed by atoms with Gasteiger partial charge in [0.15, 0.2) is 12.1 Å². The molecule has 8 rings (SSSR count). The molecule has 2 aromatic heterocycles. The molecule has 4 aromatic carbocycles. The zero-order valence-corrected chi connectivity index (χ0v) is 43.9. The highest BCUT2D eigenvalue weighted by Gasteiger charge is 2.29. The number of guanidine groups is 1. The monoisotopic (exact) mass is 1000 g/mol. The van der Waals surface area contributed by atoms with Gasteiger partial charge in [-0.05, 0) is 159 Å². The molecule has 0 aliphatic carbocycles. The lowest BCUT2D eigenvalue weighted by atomic mass is 10.0. The molecule has 2 fully saturated rings. The SMILES string of the molecule is CN1CCC(OC(c2cccc(CCCCNC(=N)NC(NCCCCCOc3cccc(C(OC4CCN(C)CC4)c4nc5ccccc5s4)c3)C(=O)OC(C)(C)C)c2)c2nc3ccccc3s2)CC1. The van der Waals surface area contributed by atoms with E-state index in [0.717, 1.165) is 133 Å². The minimum Gasteiger partial charge on any atom is -0.494 e. The minimum absolute atomic E-state index is 0.0813. The number of piperidine rings is 2. The van der Waals surface area contributed by atoms with Crippen LogP contribution in [0.4, 0.5) is 0 Å².